The number of anilines is 2. The van der Waals surface area contributed by atoms with Crippen LogP contribution in [0.1, 0.15) is 12.0 Å². The van der Waals surface area contributed by atoms with Crippen LogP contribution in [0, 0.1) is 0 Å². The van der Waals surface area contributed by atoms with Gasteiger partial charge in [0.15, 0.2) is 0 Å². The maximum Gasteiger partial charge on any atom is 0.416 e. The molecule has 1 aromatic heterocycles. The summed E-state index contributed by atoms with van der Waals surface area (Å²) in [5.74, 6) is 1.75. The van der Waals surface area contributed by atoms with Gasteiger partial charge in [0.25, 0.3) is 0 Å². The molecule has 8 heteroatoms. The van der Waals surface area contributed by atoms with E-state index in [1.807, 2.05) is 17.0 Å². The van der Waals surface area contributed by atoms with E-state index in [9.17, 15) is 13.2 Å². The number of halogens is 3. The summed E-state index contributed by atoms with van der Waals surface area (Å²) in [6.45, 7) is 2.67. The van der Waals surface area contributed by atoms with Crippen LogP contribution >= 0.6 is 0 Å². The van der Waals surface area contributed by atoms with E-state index in [4.69, 9.17) is 9.47 Å². The highest BCUT2D eigenvalue weighted by atomic mass is 19.4. The van der Waals surface area contributed by atoms with Gasteiger partial charge < -0.3 is 19.3 Å². The molecular weight excluding hydrogens is 359 g/mol. The van der Waals surface area contributed by atoms with Crippen molar-refractivity contribution in [1.29, 1.82) is 0 Å². The van der Waals surface area contributed by atoms with Crippen LogP contribution in [0.2, 0.25) is 0 Å². The second kappa shape index (κ2) is 7.94. The van der Waals surface area contributed by atoms with Crippen molar-refractivity contribution >= 4 is 11.5 Å². The number of hydrogen-bond donors (Lipinski definition) is 0. The second-order valence-electron chi connectivity index (χ2n) is 6.30. The SMILES string of the molecule is COc1cc(OC)cc(N2CCCN(c3cc(C(F)(F)F)ccn3)CC2)c1. The molecule has 0 spiro atoms. The Morgan fingerprint density at radius 1 is 0.889 bits per heavy atom. The van der Waals surface area contributed by atoms with Crippen molar-refractivity contribution in [2.45, 2.75) is 12.6 Å². The molecule has 2 heterocycles. The molecule has 0 amide bonds. The summed E-state index contributed by atoms with van der Waals surface area (Å²) in [6.07, 6.45) is -2.35. The van der Waals surface area contributed by atoms with Crippen LogP contribution < -0.4 is 19.3 Å². The monoisotopic (exact) mass is 381 g/mol. The van der Waals surface area contributed by atoms with Crippen molar-refractivity contribution < 1.29 is 22.6 Å². The maximum atomic E-state index is 13.0. The van der Waals surface area contributed by atoms with Gasteiger partial charge in [0.1, 0.15) is 17.3 Å². The van der Waals surface area contributed by atoms with E-state index in [1.165, 1.54) is 6.20 Å². The minimum absolute atomic E-state index is 0.356. The van der Waals surface area contributed by atoms with Crippen molar-refractivity contribution in [3.63, 3.8) is 0 Å². The van der Waals surface area contributed by atoms with Gasteiger partial charge in [-0.05, 0) is 18.6 Å². The Morgan fingerprint density at radius 2 is 1.52 bits per heavy atom. The summed E-state index contributed by atoms with van der Waals surface area (Å²) in [5.41, 5.74) is 0.288. The molecule has 2 aromatic rings. The molecule has 0 radical (unpaired) electrons. The van der Waals surface area contributed by atoms with Crippen LogP contribution in [-0.4, -0.2) is 45.4 Å². The van der Waals surface area contributed by atoms with Crippen molar-refractivity contribution in [1.82, 2.24) is 4.98 Å². The number of hydrogen-bond acceptors (Lipinski definition) is 5. The van der Waals surface area contributed by atoms with Gasteiger partial charge in [-0.1, -0.05) is 0 Å². The molecular formula is C19H22F3N3O2. The zero-order chi connectivity index (χ0) is 19.4. The van der Waals surface area contributed by atoms with Gasteiger partial charge in [-0.15, -0.1) is 0 Å². The van der Waals surface area contributed by atoms with E-state index in [1.54, 1.807) is 20.3 Å². The molecule has 0 unspecified atom stereocenters. The van der Waals surface area contributed by atoms with Crippen LogP contribution in [0.5, 0.6) is 11.5 Å². The van der Waals surface area contributed by atoms with E-state index in [-0.39, 0.29) is 0 Å². The van der Waals surface area contributed by atoms with Crippen LogP contribution in [0.15, 0.2) is 36.5 Å². The third-order valence-corrected chi connectivity index (χ3v) is 4.59. The fourth-order valence-corrected chi connectivity index (χ4v) is 3.15. The summed E-state index contributed by atoms with van der Waals surface area (Å²) in [5, 5.41) is 0. The first kappa shape index (κ1) is 19.1. The summed E-state index contributed by atoms with van der Waals surface area (Å²) < 4.78 is 49.5. The van der Waals surface area contributed by atoms with Crippen LogP contribution in [0.25, 0.3) is 0 Å². The summed E-state index contributed by atoms with van der Waals surface area (Å²) >= 11 is 0. The van der Waals surface area contributed by atoms with Gasteiger partial charge in [0, 0.05) is 56.3 Å². The van der Waals surface area contributed by atoms with E-state index in [0.717, 1.165) is 30.8 Å². The molecule has 0 bridgehead atoms. The van der Waals surface area contributed by atoms with Crippen molar-refractivity contribution in [3.05, 3.63) is 42.1 Å². The number of aromatic nitrogens is 1. The van der Waals surface area contributed by atoms with Gasteiger partial charge in [-0.2, -0.15) is 13.2 Å². The fourth-order valence-electron chi connectivity index (χ4n) is 3.15. The van der Waals surface area contributed by atoms with Crippen molar-refractivity contribution in [2.24, 2.45) is 0 Å². The predicted octanol–water partition coefficient (Wildman–Crippen LogP) is 3.83. The van der Waals surface area contributed by atoms with E-state index in [0.29, 0.717) is 37.0 Å². The third-order valence-electron chi connectivity index (χ3n) is 4.59. The average molecular weight is 381 g/mol. The molecule has 1 aliphatic rings. The maximum absolute atomic E-state index is 13.0. The van der Waals surface area contributed by atoms with Crippen LogP contribution in [-0.2, 0) is 6.18 Å². The quantitative estimate of drug-likeness (QED) is 0.805. The zero-order valence-electron chi connectivity index (χ0n) is 15.3. The minimum Gasteiger partial charge on any atom is -0.497 e. The lowest BCUT2D eigenvalue weighted by molar-refractivity contribution is -0.137. The Hall–Kier alpha value is -2.64. The predicted molar refractivity (Wildman–Crippen MR) is 97.8 cm³/mol. The molecule has 0 atom stereocenters. The molecule has 27 heavy (non-hydrogen) atoms. The number of rotatable bonds is 4. The molecule has 5 nitrogen and oxygen atoms in total. The normalized spacial score (nSPS) is 15.4. The summed E-state index contributed by atoms with van der Waals surface area (Å²) in [7, 11) is 3.20. The molecule has 1 fully saturated rings. The lowest BCUT2D eigenvalue weighted by Crippen LogP contribution is -2.31. The molecule has 3 rings (SSSR count). The number of alkyl halides is 3. The van der Waals surface area contributed by atoms with Crippen LogP contribution in [0.3, 0.4) is 0 Å². The molecule has 0 saturated carbocycles. The highest BCUT2D eigenvalue weighted by Gasteiger charge is 2.31. The summed E-state index contributed by atoms with van der Waals surface area (Å²) in [6, 6.07) is 7.78. The standard InChI is InChI=1S/C19H22F3N3O2/c1-26-16-11-15(12-17(13-16)27-2)24-6-3-7-25(9-8-24)18-10-14(4-5-23-18)19(20,21)22/h4-5,10-13H,3,6-9H2,1-2H3. The second-order valence-corrected chi connectivity index (χ2v) is 6.30. The van der Waals surface area contributed by atoms with Gasteiger partial charge in [-0.3, -0.25) is 0 Å². The van der Waals surface area contributed by atoms with Crippen molar-refractivity contribution in [2.75, 3.05) is 50.2 Å². The van der Waals surface area contributed by atoms with Crippen molar-refractivity contribution in [3.8, 4) is 11.5 Å². The number of nitrogens with zero attached hydrogens (tertiary/aromatic N) is 3. The number of benzene rings is 1. The smallest absolute Gasteiger partial charge is 0.416 e. The number of methoxy groups -OCH3 is 2. The van der Waals surface area contributed by atoms with E-state index < -0.39 is 11.7 Å². The van der Waals surface area contributed by atoms with Gasteiger partial charge in [0.05, 0.1) is 19.8 Å². The Morgan fingerprint density at radius 3 is 2.15 bits per heavy atom. The first-order valence-electron chi connectivity index (χ1n) is 8.67. The summed E-state index contributed by atoms with van der Waals surface area (Å²) in [4.78, 5) is 8.21. The molecule has 0 N–H and O–H groups in total. The Kier molecular flexibility index (Phi) is 5.62. The van der Waals surface area contributed by atoms with Crippen LogP contribution in [0.4, 0.5) is 24.7 Å². The Bertz CT molecular complexity index is 761. The lowest BCUT2D eigenvalue weighted by atomic mass is 10.2. The number of ether oxygens (including phenoxy) is 2. The average Bonchev–Trinajstić information content (AvgIpc) is 2.93. The number of pyridine rings is 1. The highest BCUT2D eigenvalue weighted by Crippen LogP contribution is 2.32. The van der Waals surface area contributed by atoms with E-state index in [2.05, 4.69) is 9.88 Å². The molecule has 1 saturated heterocycles. The molecule has 0 aliphatic carbocycles. The lowest BCUT2D eigenvalue weighted by Gasteiger charge is -2.25. The topological polar surface area (TPSA) is 37.8 Å². The highest BCUT2D eigenvalue weighted by molar-refractivity contribution is 5.56. The first-order chi connectivity index (χ1) is 12.9. The van der Waals surface area contributed by atoms with E-state index >= 15 is 0 Å². The Balaban J connectivity index is 1.76. The zero-order valence-corrected chi connectivity index (χ0v) is 15.3. The first-order valence-corrected chi connectivity index (χ1v) is 8.67. The molecule has 1 aromatic carbocycles. The van der Waals surface area contributed by atoms with Gasteiger partial charge >= 0.3 is 6.18 Å². The third kappa shape index (κ3) is 4.56. The minimum atomic E-state index is -4.37. The Labute approximate surface area is 156 Å². The fraction of sp³-hybridized carbons (Fsp3) is 0.421. The van der Waals surface area contributed by atoms with Gasteiger partial charge in [-0.25, -0.2) is 4.98 Å². The van der Waals surface area contributed by atoms with Gasteiger partial charge in [0.2, 0.25) is 0 Å². The molecule has 146 valence electrons. The largest absolute Gasteiger partial charge is 0.497 e. The molecule has 1 aliphatic heterocycles.